The largest absolute Gasteiger partial charge is 0.306 e. The topological polar surface area (TPSA) is 17.9 Å². The van der Waals surface area contributed by atoms with Crippen molar-refractivity contribution in [1.29, 1.82) is 0 Å². The van der Waals surface area contributed by atoms with E-state index in [0.717, 1.165) is 13.1 Å². The molecule has 0 spiro atoms. The van der Waals surface area contributed by atoms with Crippen LogP contribution in [0.4, 0.5) is 0 Å². The molecular weight excluding hydrogens is 88.1 g/mol. The van der Waals surface area contributed by atoms with E-state index in [0.29, 0.717) is 0 Å². The van der Waals surface area contributed by atoms with Crippen LogP contribution >= 0.6 is 0 Å². The molecule has 0 bridgehead atoms. The van der Waals surface area contributed by atoms with Gasteiger partial charge in [-0.1, -0.05) is 0 Å². The minimum atomic E-state index is 1.16. The molecule has 0 aromatic carbocycles. The Labute approximate surface area is 44.5 Å². The molecular formula is C5H12N2+. The first kappa shape index (κ1) is 5.06. The standard InChI is InChI=1S/C5H12N2/c1-7-4-2-6-3-5-7/h6H,2-5H2,1H3/q+1. The van der Waals surface area contributed by atoms with E-state index >= 15 is 0 Å². The average molecular weight is 100 g/mol. The van der Waals surface area contributed by atoms with E-state index in [4.69, 9.17) is 0 Å². The molecule has 1 fully saturated rings. The highest BCUT2D eigenvalue weighted by Crippen LogP contribution is 1.78. The highest BCUT2D eigenvalue weighted by Gasteiger charge is 2.10. The van der Waals surface area contributed by atoms with Crippen LogP contribution in [-0.2, 0) is 0 Å². The van der Waals surface area contributed by atoms with Crippen LogP contribution in [0.3, 0.4) is 0 Å². The van der Waals surface area contributed by atoms with Gasteiger partial charge in [0.05, 0.1) is 0 Å². The van der Waals surface area contributed by atoms with Gasteiger partial charge in [0.2, 0.25) is 0 Å². The van der Waals surface area contributed by atoms with Crippen molar-refractivity contribution in [2.75, 3.05) is 33.2 Å². The number of rotatable bonds is 0. The lowest BCUT2D eigenvalue weighted by molar-refractivity contribution is 0.404. The fourth-order valence-electron chi connectivity index (χ4n) is 0.777. The first-order chi connectivity index (χ1) is 3.39. The van der Waals surface area contributed by atoms with Gasteiger partial charge in [0.15, 0.2) is 0 Å². The maximum atomic E-state index is 3.27. The zero-order chi connectivity index (χ0) is 5.11. The fourth-order valence-corrected chi connectivity index (χ4v) is 0.777. The van der Waals surface area contributed by atoms with Gasteiger partial charge in [0.1, 0.15) is 20.1 Å². The summed E-state index contributed by atoms with van der Waals surface area (Å²) in [5.74, 6) is 0. The van der Waals surface area contributed by atoms with Crippen molar-refractivity contribution < 1.29 is 0 Å². The predicted octanol–water partition coefficient (Wildman–Crippen LogP) is -0.640. The van der Waals surface area contributed by atoms with E-state index in [1.165, 1.54) is 13.1 Å². The molecule has 0 aromatic heterocycles. The van der Waals surface area contributed by atoms with Crippen molar-refractivity contribution in [2.24, 2.45) is 0 Å². The monoisotopic (exact) mass is 100 g/mol. The number of nitrogens with zero attached hydrogens (tertiary/aromatic N) is 1. The predicted molar refractivity (Wildman–Crippen MR) is 30.7 cm³/mol. The Morgan fingerprint density at radius 2 is 1.86 bits per heavy atom. The van der Waals surface area contributed by atoms with Crippen LogP contribution in [0.5, 0.6) is 0 Å². The summed E-state index contributed by atoms with van der Waals surface area (Å²) >= 11 is 0. The SMILES string of the molecule is C[N+]1CCNCC1. The molecule has 1 heterocycles. The molecule has 1 radical (unpaired) electrons. The maximum Gasteiger partial charge on any atom is 0.135 e. The third-order valence-electron chi connectivity index (χ3n) is 1.34. The van der Waals surface area contributed by atoms with Gasteiger partial charge in [0.25, 0.3) is 0 Å². The molecule has 0 aliphatic carbocycles. The Morgan fingerprint density at radius 3 is 2.14 bits per heavy atom. The summed E-state index contributed by atoms with van der Waals surface area (Å²) in [5, 5.41) is 3.27. The normalized spacial score (nSPS) is 25.3. The second kappa shape index (κ2) is 2.28. The summed E-state index contributed by atoms with van der Waals surface area (Å²) in [6.45, 7) is 4.74. The quantitative estimate of drug-likeness (QED) is 0.401. The zero-order valence-electron chi connectivity index (χ0n) is 4.78. The van der Waals surface area contributed by atoms with E-state index < -0.39 is 0 Å². The van der Waals surface area contributed by atoms with Crippen molar-refractivity contribution in [3.05, 3.63) is 0 Å². The molecule has 2 heteroatoms. The van der Waals surface area contributed by atoms with Crippen LogP contribution in [0.1, 0.15) is 0 Å². The van der Waals surface area contributed by atoms with Crippen molar-refractivity contribution in [1.82, 2.24) is 10.2 Å². The van der Waals surface area contributed by atoms with Crippen molar-refractivity contribution in [2.45, 2.75) is 0 Å². The number of likely N-dealkylation sites (N-methyl/N-ethyl adjacent to an activating group) is 1. The van der Waals surface area contributed by atoms with Gasteiger partial charge in [-0.05, 0) is 0 Å². The highest BCUT2D eigenvalue weighted by atomic mass is 15.2. The van der Waals surface area contributed by atoms with Crippen LogP contribution in [0.2, 0.25) is 0 Å². The molecule has 2 nitrogen and oxygen atoms in total. The minimum Gasteiger partial charge on any atom is -0.306 e. The van der Waals surface area contributed by atoms with Gasteiger partial charge < -0.3 is 5.32 Å². The van der Waals surface area contributed by atoms with Crippen LogP contribution in [0.25, 0.3) is 0 Å². The Morgan fingerprint density at radius 1 is 1.29 bits per heavy atom. The first-order valence-corrected chi connectivity index (χ1v) is 2.79. The Kier molecular flexibility index (Phi) is 1.65. The summed E-state index contributed by atoms with van der Waals surface area (Å²) in [6, 6.07) is 0. The molecule has 7 heavy (non-hydrogen) atoms. The molecule has 0 saturated carbocycles. The number of nitrogens with one attached hydrogen (secondary N) is 1. The molecule has 0 amide bonds. The number of hydrogen-bond acceptors (Lipinski definition) is 2. The van der Waals surface area contributed by atoms with Gasteiger partial charge in [-0.2, -0.15) is 4.90 Å². The Hall–Kier alpha value is -0.0800. The lowest BCUT2D eigenvalue weighted by atomic mass is 10.4. The fraction of sp³-hybridized carbons (Fsp3) is 1.00. The van der Waals surface area contributed by atoms with E-state index in [1.807, 2.05) is 0 Å². The number of hydrogen-bond donors (Lipinski definition) is 1. The Bertz CT molecular complexity index is 48.0. The maximum absolute atomic E-state index is 3.27. The zero-order valence-corrected chi connectivity index (χ0v) is 4.78. The molecule has 0 atom stereocenters. The minimum absolute atomic E-state index is 1.16. The van der Waals surface area contributed by atoms with Crippen LogP contribution in [0.15, 0.2) is 0 Å². The van der Waals surface area contributed by atoms with Gasteiger partial charge >= 0.3 is 0 Å². The van der Waals surface area contributed by atoms with Crippen LogP contribution < -0.4 is 10.2 Å². The molecule has 1 saturated heterocycles. The second-order valence-corrected chi connectivity index (χ2v) is 2.05. The van der Waals surface area contributed by atoms with Gasteiger partial charge in [-0.3, -0.25) is 0 Å². The van der Waals surface area contributed by atoms with E-state index in [-0.39, 0.29) is 0 Å². The highest BCUT2D eigenvalue weighted by molar-refractivity contribution is 4.66. The van der Waals surface area contributed by atoms with Gasteiger partial charge in [-0.25, -0.2) is 0 Å². The smallest absolute Gasteiger partial charge is 0.135 e. The van der Waals surface area contributed by atoms with E-state index in [1.54, 1.807) is 0 Å². The van der Waals surface area contributed by atoms with E-state index in [2.05, 4.69) is 17.3 Å². The van der Waals surface area contributed by atoms with Crippen molar-refractivity contribution >= 4 is 0 Å². The summed E-state index contributed by atoms with van der Waals surface area (Å²) in [6.07, 6.45) is 0. The summed E-state index contributed by atoms with van der Waals surface area (Å²) < 4.78 is 0. The first-order valence-electron chi connectivity index (χ1n) is 2.79. The lowest BCUT2D eigenvalue weighted by Gasteiger charge is -2.12. The van der Waals surface area contributed by atoms with Crippen LogP contribution in [-0.4, -0.2) is 33.2 Å². The van der Waals surface area contributed by atoms with Crippen LogP contribution in [0, 0.1) is 0 Å². The lowest BCUT2D eigenvalue weighted by Crippen LogP contribution is -2.44. The molecule has 1 rings (SSSR count). The summed E-state index contributed by atoms with van der Waals surface area (Å²) in [5.41, 5.74) is 0. The molecule has 1 aliphatic heterocycles. The van der Waals surface area contributed by atoms with E-state index in [9.17, 15) is 0 Å². The summed E-state index contributed by atoms with van der Waals surface area (Å²) in [7, 11) is 2.15. The molecule has 0 aromatic rings. The molecule has 41 valence electrons. The third-order valence-corrected chi connectivity index (χ3v) is 1.34. The van der Waals surface area contributed by atoms with Gasteiger partial charge in [0, 0.05) is 13.1 Å². The second-order valence-electron chi connectivity index (χ2n) is 2.05. The molecule has 1 aliphatic rings. The number of piperazine rings is 1. The van der Waals surface area contributed by atoms with Crippen molar-refractivity contribution in [3.8, 4) is 0 Å². The summed E-state index contributed by atoms with van der Waals surface area (Å²) in [4.78, 5) is 2.33. The Balaban J connectivity index is 2.12. The van der Waals surface area contributed by atoms with Gasteiger partial charge in [-0.15, -0.1) is 0 Å². The molecule has 1 N–H and O–H groups in total. The third kappa shape index (κ3) is 1.45. The van der Waals surface area contributed by atoms with Crippen molar-refractivity contribution in [3.63, 3.8) is 0 Å². The average Bonchev–Trinajstić information content (AvgIpc) is 1.69. The molecule has 0 unspecified atom stereocenters.